The van der Waals surface area contributed by atoms with E-state index in [1.807, 2.05) is 6.20 Å². The Morgan fingerprint density at radius 2 is 2.30 bits per heavy atom. The number of hydrogen-bond acceptors (Lipinski definition) is 5. The van der Waals surface area contributed by atoms with Crippen LogP contribution in [0.3, 0.4) is 0 Å². The maximum absolute atomic E-state index is 5.57. The number of aromatic nitrogens is 2. The predicted octanol–water partition coefficient (Wildman–Crippen LogP) is 2.09. The molecule has 0 amide bonds. The van der Waals surface area contributed by atoms with Gasteiger partial charge in [0.2, 0.25) is 5.88 Å². The standard InChI is InChI=1S/C15H26N4O/c1-3-8-20-15-11-17-10-14(18-15)19-7-5-6-13(12-19)9-16-4-2/h10-11,13,16H,3-9,12H2,1-2H3. The average molecular weight is 278 g/mol. The lowest BCUT2D eigenvalue weighted by molar-refractivity contribution is 0.303. The maximum Gasteiger partial charge on any atom is 0.234 e. The van der Waals surface area contributed by atoms with Crippen molar-refractivity contribution in [3.05, 3.63) is 12.4 Å². The number of piperidine rings is 1. The molecule has 1 aliphatic rings. The van der Waals surface area contributed by atoms with Crippen molar-refractivity contribution in [1.29, 1.82) is 0 Å². The Kier molecular flexibility index (Phi) is 6.05. The van der Waals surface area contributed by atoms with Crippen LogP contribution in [0.4, 0.5) is 5.82 Å². The van der Waals surface area contributed by atoms with Crippen molar-refractivity contribution in [2.45, 2.75) is 33.1 Å². The molecule has 1 fully saturated rings. The minimum atomic E-state index is 0.637. The molecule has 0 radical (unpaired) electrons. The molecule has 0 saturated carbocycles. The minimum absolute atomic E-state index is 0.637. The van der Waals surface area contributed by atoms with Gasteiger partial charge < -0.3 is 15.0 Å². The van der Waals surface area contributed by atoms with Gasteiger partial charge in [-0.1, -0.05) is 13.8 Å². The summed E-state index contributed by atoms with van der Waals surface area (Å²) < 4.78 is 5.57. The van der Waals surface area contributed by atoms with Gasteiger partial charge in [-0.25, -0.2) is 0 Å². The van der Waals surface area contributed by atoms with Gasteiger partial charge >= 0.3 is 0 Å². The minimum Gasteiger partial charge on any atom is -0.477 e. The third-order valence-electron chi connectivity index (χ3n) is 3.58. The van der Waals surface area contributed by atoms with E-state index < -0.39 is 0 Å². The van der Waals surface area contributed by atoms with Crippen molar-refractivity contribution >= 4 is 5.82 Å². The van der Waals surface area contributed by atoms with Gasteiger partial charge in [0.05, 0.1) is 19.0 Å². The molecule has 0 aliphatic carbocycles. The Morgan fingerprint density at radius 1 is 1.40 bits per heavy atom. The van der Waals surface area contributed by atoms with Gasteiger partial charge in [0.1, 0.15) is 0 Å². The topological polar surface area (TPSA) is 50.3 Å². The van der Waals surface area contributed by atoms with Crippen LogP contribution in [-0.2, 0) is 0 Å². The summed E-state index contributed by atoms with van der Waals surface area (Å²) in [6.07, 6.45) is 7.04. The van der Waals surface area contributed by atoms with Gasteiger partial charge in [-0.05, 0) is 38.3 Å². The highest BCUT2D eigenvalue weighted by molar-refractivity contribution is 5.38. The van der Waals surface area contributed by atoms with Gasteiger partial charge in [0, 0.05) is 13.1 Å². The van der Waals surface area contributed by atoms with Gasteiger partial charge in [0.25, 0.3) is 0 Å². The molecule has 5 heteroatoms. The van der Waals surface area contributed by atoms with E-state index in [4.69, 9.17) is 4.74 Å². The van der Waals surface area contributed by atoms with Crippen molar-refractivity contribution in [3.63, 3.8) is 0 Å². The van der Waals surface area contributed by atoms with Gasteiger partial charge in [-0.3, -0.25) is 4.98 Å². The zero-order valence-corrected chi connectivity index (χ0v) is 12.6. The van der Waals surface area contributed by atoms with E-state index in [0.717, 1.165) is 38.4 Å². The van der Waals surface area contributed by atoms with E-state index in [9.17, 15) is 0 Å². The van der Waals surface area contributed by atoms with E-state index in [-0.39, 0.29) is 0 Å². The number of hydrogen-bond donors (Lipinski definition) is 1. The summed E-state index contributed by atoms with van der Waals surface area (Å²) in [6, 6.07) is 0. The van der Waals surface area contributed by atoms with Crippen LogP contribution in [-0.4, -0.2) is 42.8 Å². The maximum atomic E-state index is 5.57. The third kappa shape index (κ3) is 4.34. The first kappa shape index (κ1) is 15.0. The molecule has 112 valence electrons. The highest BCUT2D eigenvalue weighted by atomic mass is 16.5. The van der Waals surface area contributed by atoms with Crippen LogP contribution in [0.25, 0.3) is 0 Å². The van der Waals surface area contributed by atoms with Crippen LogP contribution in [0.5, 0.6) is 5.88 Å². The molecule has 1 saturated heterocycles. The van der Waals surface area contributed by atoms with Crippen molar-refractivity contribution in [2.75, 3.05) is 37.7 Å². The summed E-state index contributed by atoms with van der Waals surface area (Å²) in [7, 11) is 0. The van der Waals surface area contributed by atoms with Crippen molar-refractivity contribution in [2.24, 2.45) is 5.92 Å². The summed E-state index contributed by atoms with van der Waals surface area (Å²) in [5.74, 6) is 2.28. The number of nitrogens with one attached hydrogen (secondary N) is 1. The van der Waals surface area contributed by atoms with E-state index in [1.54, 1.807) is 6.20 Å². The van der Waals surface area contributed by atoms with E-state index in [1.165, 1.54) is 12.8 Å². The molecule has 1 aromatic heterocycles. The number of rotatable bonds is 7. The average Bonchev–Trinajstić information content (AvgIpc) is 2.51. The molecule has 0 spiro atoms. The first-order valence-electron chi connectivity index (χ1n) is 7.74. The largest absolute Gasteiger partial charge is 0.477 e. The summed E-state index contributed by atoms with van der Waals surface area (Å²) in [4.78, 5) is 11.2. The Morgan fingerprint density at radius 3 is 3.10 bits per heavy atom. The molecule has 5 nitrogen and oxygen atoms in total. The van der Waals surface area contributed by atoms with Crippen LogP contribution < -0.4 is 15.0 Å². The summed E-state index contributed by atoms with van der Waals surface area (Å²) in [6.45, 7) is 9.19. The molecule has 2 heterocycles. The molecule has 2 rings (SSSR count). The molecule has 0 aromatic carbocycles. The van der Waals surface area contributed by atoms with Crippen molar-refractivity contribution < 1.29 is 4.74 Å². The number of anilines is 1. The second-order valence-electron chi connectivity index (χ2n) is 5.33. The molecule has 20 heavy (non-hydrogen) atoms. The monoisotopic (exact) mass is 278 g/mol. The first-order chi connectivity index (χ1) is 9.83. The smallest absolute Gasteiger partial charge is 0.234 e. The highest BCUT2D eigenvalue weighted by Crippen LogP contribution is 2.22. The molecular formula is C15H26N4O. The second-order valence-corrected chi connectivity index (χ2v) is 5.33. The quantitative estimate of drug-likeness (QED) is 0.827. The normalized spacial score (nSPS) is 19.1. The highest BCUT2D eigenvalue weighted by Gasteiger charge is 2.21. The number of ether oxygens (including phenoxy) is 1. The Labute approximate surface area is 121 Å². The SMILES string of the molecule is CCCOc1cncc(N2CCCC(CNCC)C2)n1. The van der Waals surface area contributed by atoms with Crippen LogP contribution in [0.1, 0.15) is 33.1 Å². The summed E-state index contributed by atoms with van der Waals surface area (Å²) >= 11 is 0. The first-order valence-corrected chi connectivity index (χ1v) is 7.74. The van der Waals surface area contributed by atoms with Crippen LogP contribution in [0.15, 0.2) is 12.4 Å². The van der Waals surface area contributed by atoms with Crippen molar-refractivity contribution in [3.8, 4) is 5.88 Å². The van der Waals surface area contributed by atoms with Crippen molar-refractivity contribution in [1.82, 2.24) is 15.3 Å². The van der Waals surface area contributed by atoms with Gasteiger partial charge in [-0.15, -0.1) is 0 Å². The lowest BCUT2D eigenvalue weighted by Gasteiger charge is -2.33. The number of nitrogens with zero attached hydrogens (tertiary/aromatic N) is 3. The Hall–Kier alpha value is -1.36. The summed E-state index contributed by atoms with van der Waals surface area (Å²) in [5.41, 5.74) is 0. The van der Waals surface area contributed by atoms with Crippen LogP contribution in [0, 0.1) is 5.92 Å². The molecule has 1 N–H and O–H groups in total. The van der Waals surface area contributed by atoms with E-state index in [0.29, 0.717) is 18.4 Å². The molecule has 1 unspecified atom stereocenters. The zero-order chi connectivity index (χ0) is 14.2. The third-order valence-corrected chi connectivity index (χ3v) is 3.58. The van der Waals surface area contributed by atoms with E-state index >= 15 is 0 Å². The zero-order valence-electron chi connectivity index (χ0n) is 12.6. The fraction of sp³-hybridized carbons (Fsp3) is 0.733. The second kappa shape index (κ2) is 8.04. The van der Waals surface area contributed by atoms with Crippen LogP contribution >= 0.6 is 0 Å². The van der Waals surface area contributed by atoms with E-state index in [2.05, 4.69) is 34.0 Å². The Balaban J connectivity index is 1.95. The Bertz CT molecular complexity index is 399. The molecular weight excluding hydrogens is 252 g/mol. The van der Waals surface area contributed by atoms with Gasteiger partial charge in [0.15, 0.2) is 5.82 Å². The molecule has 1 atom stereocenters. The fourth-order valence-electron chi connectivity index (χ4n) is 2.56. The molecule has 1 aromatic rings. The predicted molar refractivity (Wildman–Crippen MR) is 81.3 cm³/mol. The lowest BCUT2D eigenvalue weighted by atomic mass is 9.98. The fourth-order valence-corrected chi connectivity index (χ4v) is 2.56. The lowest BCUT2D eigenvalue weighted by Crippen LogP contribution is -2.40. The van der Waals surface area contributed by atoms with Crippen LogP contribution in [0.2, 0.25) is 0 Å². The summed E-state index contributed by atoms with van der Waals surface area (Å²) in [5, 5.41) is 3.44. The molecule has 1 aliphatic heterocycles. The van der Waals surface area contributed by atoms with Gasteiger partial charge in [-0.2, -0.15) is 4.98 Å². The molecule has 0 bridgehead atoms.